The smallest absolute Gasteiger partial charge is 0.123 e. The topological polar surface area (TPSA) is 32.3 Å². The van der Waals surface area contributed by atoms with E-state index < -0.39 is 11.3 Å². The SMILES string of the molecule is CC1(O)CCC(F)(CNC(C)(C)C)CC1. The van der Waals surface area contributed by atoms with Crippen LogP contribution >= 0.6 is 0 Å². The highest BCUT2D eigenvalue weighted by Crippen LogP contribution is 2.37. The highest BCUT2D eigenvalue weighted by atomic mass is 19.1. The van der Waals surface area contributed by atoms with Crippen LogP contribution in [-0.2, 0) is 0 Å². The summed E-state index contributed by atoms with van der Waals surface area (Å²) in [6.07, 6.45) is 2.05. The molecule has 1 aliphatic rings. The lowest BCUT2D eigenvalue weighted by Gasteiger charge is -2.39. The molecule has 0 aromatic carbocycles. The van der Waals surface area contributed by atoms with Gasteiger partial charge in [0, 0.05) is 12.1 Å². The van der Waals surface area contributed by atoms with Gasteiger partial charge in [-0.15, -0.1) is 0 Å². The second-order valence-electron chi connectivity index (χ2n) is 6.25. The molecule has 1 rings (SSSR count). The fourth-order valence-corrected chi connectivity index (χ4v) is 1.84. The van der Waals surface area contributed by atoms with E-state index in [4.69, 9.17) is 0 Å². The second kappa shape index (κ2) is 4.02. The largest absolute Gasteiger partial charge is 0.390 e. The van der Waals surface area contributed by atoms with Crippen LogP contribution < -0.4 is 5.32 Å². The molecule has 1 saturated carbocycles. The number of hydrogen-bond acceptors (Lipinski definition) is 2. The summed E-state index contributed by atoms with van der Waals surface area (Å²) < 4.78 is 14.3. The summed E-state index contributed by atoms with van der Waals surface area (Å²) >= 11 is 0. The first-order valence-corrected chi connectivity index (χ1v) is 5.78. The fraction of sp³-hybridized carbons (Fsp3) is 1.00. The van der Waals surface area contributed by atoms with Gasteiger partial charge in [-0.1, -0.05) is 0 Å². The number of nitrogens with one attached hydrogen (secondary N) is 1. The zero-order valence-corrected chi connectivity index (χ0v) is 10.4. The van der Waals surface area contributed by atoms with Crippen LogP contribution in [0.25, 0.3) is 0 Å². The van der Waals surface area contributed by atoms with Gasteiger partial charge in [-0.25, -0.2) is 4.39 Å². The molecule has 3 heteroatoms. The first-order valence-electron chi connectivity index (χ1n) is 5.78. The molecule has 2 nitrogen and oxygen atoms in total. The molecule has 0 amide bonds. The molecule has 0 aliphatic heterocycles. The van der Waals surface area contributed by atoms with E-state index in [0.29, 0.717) is 32.2 Å². The van der Waals surface area contributed by atoms with Gasteiger partial charge in [0.2, 0.25) is 0 Å². The van der Waals surface area contributed by atoms with Gasteiger partial charge >= 0.3 is 0 Å². The van der Waals surface area contributed by atoms with Crippen LogP contribution in [0.15, 0.2) is 0 Å². The molecule has 0 saturated heterocycles. The van der Waals surface area contributed by atoms with E-state index in [-0.39, 0.29) is 5.54 Å². The third-order valence-corrected chi connectivity index (χ3v) is 3.16. The molecule has 0 aromatic rings. The fourth-order valence-electron chi connectivity index (χ4n) is 1.84. The van der Waals surface area contributed by atoms with E-state index in [1.54, 1.807) is 6.92 Å². The molecule has 1 fully saturated rings. The van der Waals surface area contributed by atoms with Crippen molar-refractivity contribution < 1.29 is 9.50 Å². The number of alkyl halides is 1. The normalized spacial score (nSPS) is 38.0. The van der Waals surface area contributed by atoms with Crippen LogP contribution in [0.5, 0.6) is 0 Å². The Morgan fingerprint density at radius 2 is 1.67 bits per heavy atom. The maximum atomic E-state index is 14.3. The molecule has 2 N–H and O–H groups in total. The second-order valence-corrected chi connectivity index (χ2v) is 6.25. The lowest BCUT2D eigenvalue weighted by Crippen LogP contribution is -2.49. The minimum atomic E-state index is -1.13. The minimum absolute atomic E-state index is 0.0426. The summed E-state index contributed by atoms with van der Waals surface area (Å²) in [6.45, 7) is 8.30. The van der Waals surface area contributed by atoms with E-state index >= 15 is 0 Å². The molecule has 0 aromatic heterocycles. The molecule has 15 heavy (non-hydrogen) atoms. The van der Waals surface area contributed by atoms with Crippen LogP contribution in [-0.4, -0.2) is 28.5 Å². The predicted octanol–water partition coefficient (Wildman–Crippen LogP) is 2.41. The lowest BCUT2D eigenvalue weighted by molar-refractivity contribution is -0.0336. The first kappa shape index (κ1) is 12.9. The van der Waals surface area contributed by atoms with Gasteiger partial charge in [0.25, 0.3) is 0 Å². The van der Waals surface area contributed by atoms with Crippen molar-refractivity contribution in [3.63, 3.8) is 0 Å². The van der Waals surface area contributed by atoms with E-state index in [9.17, 15) is 9.50 Å². The van der Waals surface area contributed by atoms with Crippen LogP contribution in [0.2, 0.25) is 0 Å². The molecule has 0 atom stereocenters. The van der Waals surface area contributed by atoms with E-state index in [2.05, 4.69) is 5.32 Å². The molecular weight excluding hydrogens is 193 g/mol. The van der Waals surface area contributed by atoms with Gasteiger partial charge in [0.05, 0.1) is 5.60 Å². The molecule has 0 spiro atoms. The summed E-state index contributed by atoms with van der Waals surface area (Å²) in [7, 11) is 0. The number of hydrogen-bond donors (Lipinski definition) is 2. The van der Waals surface area contributed by atoms with Gasteiger partial charge < -0.3 is 10.4 Å². The number of halogens is 1. The molecule has 0 radical (unpaired) electrons. The van der Waals surface area contributed by atoms with Crippen LogP contribution in [0.4, 0.5) is 4.39 Å². The van der Waals surface area contributed by atoms with Crippen LogP contribution in [0.3, 0.4) is 0 Å². The average Bonchev–Trinajstić information content (AvgIpc) is 2.07. The molecular formula is C12H24FNO. The summed E-state index contributed by atoms with van der Waals surface area (Å²) in [5, 5.41) is 13.0. The Labute approximate surface area is 92.3 Å². The zero-order valence-electron chi connectivity index (χ0n) is 10.4. The van der Waals surface area contributed by atoms with Crippen molar-refractivity contribution >= 4 is 0 Å². The van der Waals surface area contributed by atoms with Gasteiger partial charge in [0.1, 0.15) is 5.67 Å². The predicted molar refractivity (Wildman–Crippen MR) is 60.7 cm³/mol. The third kappa shape index (κ3) is 4.47. The Bertz CT molecular complexity index is 210. The Morgan fingerprint density at radius 3 is 2.07 bits per heavy atom. The Morgan fingerprint density at radius 1 is 1.20 bits per heavy atom. The maximum absolute atomic E-state index is 14.3. The minimum Gasteiger partial charge on any atom is -0.390 e. The summed E-state index contributed by atoms with van der Waals surface area (Å²) in [6, 6.07) is 0. The molecule has 0 unspecified atom stereocenters. The highest BCUT2D eigenvalue weighted by Gasteiger charge is 2.39. The Kier molecular flexibility index (Phi) is 3.46. The van der Waals surface area contributed by atoms with Gasteiger partial charge in [-0.05, 0) is 53.4 Å². The van der Waals surface area contributed by atoms with Gasteiger partial charge in [-0.2, -0.15) is 0 Å². The zero-order chi connectivity index (χ0) is 11.7. The monoisotopic (exact) mass is 217 g/mol. The molecule has 1 aliphatic carbocycles. The van der Waals surface area contributed by atoms with Crippen molar-refractivity contribution in [2.45, 2.75) is 70.2 Å². The Hall–Kier alpha value is -0.150. The van der Waals surface area contributed by atoms with Gasteiger partial charge in [-0.3, -0.25) is 0 Å². The molecule has 0 heterocycles. The van der Waals surface area contributed by atoms with Crippen molar-refractivity contribution in [2.75, 3.05) is 6.54 Å². The van der Waals surface area contributed by atoms with E-state index in [1.165, 1.54) is 0 Å². The quantitative estimate of drug-likeness (QED) is 0.744. The standard InChI is InChI=1S/C12H24FNO/c1-10(2,3)14-9-12(13)7-5-11(4,15)6-8-12/h14-15H,5-9H2,1-4H3. The van der Waals surface area contributed by atoms with Crippen LogP contribution in [0.1, 0.15) is 53.4 Å². The van der Waals surface area contributed by atoms with Crippen molar-refractivity contribution in [3.8, 4) is 0 Å². The number of rotatable bonds is 2. The average molecular weight is 217 g/mol. The summed E-state index contributed by atoms with van der Waals surface area (Å²) in [5.41, 5.74) is -1.83. The van der Waals surface area contributed by atoms with Gasteiger partial charge in [0.15, 0.2) is 0 Å². The van der Waals surface area contributed by atoms with Crippen molar-refractivity contribution in [1.29, 1.82) is 0 Å². The summed E-state index contributed by atoms with van der Waals surface area (Å²) in [5.74, 6) is 0. The van der Waals surface area contributed by atoms with Crippen molar-refractivity contribution in [2.24, 2.45) is 0 Å². The summed E-state index contributed by atoms with van der Waals surface area (Å²) in [4.78, 5) is 0. The Balaban J connectivity index is 2.42. The lowest BCUT2D eigenvalue weighted by atomic mass is 9.78. The molecule has 90 valence electrons. The molecule has 0 bridgehead atoms. The number of aliphatic hydroxyl groups is 1. The van der Waals surface area contributed by atoms with E-state index in [0.717, 1.165) is 0 Å². The first-order chi connectivity index (χ1) is 6.62. The van der Waals surface area contributed by atoms with E-state index in [1.807, 2.05) is 20.8 Å². The van der Waals surface area contributed by atoms with Crippen molar-refractivity contribution in [3.05, 3.63) is 0 Å². The van der Waals surface area contributed by atoms with Crippen LogP contribution in [0, 0.1) is 0 Å². The maximum Gasteiger partial charge on any atom is 0.123 e. The van der Waals surface area contributed by atoms with Crippen molar-refractivity contribution in [1.82, 2.24) is 5.32 Å². The highest BCUT2D eigenvalue weighted by molar-refractivity contribution is 4.93. The third-order valence-electron chi connectivity index (χ3n) is 3.16.